The lowest BCUT2D eigenvalue weighted by Crippen LogP contribution is -2.50. The van der Waals surface area contributed by atoms with Crippen LogP contribution in [0.2, 0.25) is 0 Å². The van der Waals surface area contributed by atoms with Crippen LogP contribution in [0.4, 0.5) is 0 Å². The van der Waals surface area contributed by atoms with E-state index in [9.17, 15) is 4.79 Å². The van der Waals surface area contributed by atoms with Crippen molar-refractivity contribution in [2.45, 2.75) is 58.7 Å². The highest BCUT2D eigenvalue weighted by Crippen LogP contribution is 2.59. The number of thiazole rings is 1. The molecule has 1 saturated carbocycles. The minimum absolute atomic E-state index is 0.0147. The average Bonchev–Trinajstić information content (AvgIpc) is 3.26. The molecule has 0 N–H and O–H groups in total. The smallest absolute Gasteiger partial charge is 0.309 e. The SMILES string of the molecule is COc1ccc(OCc2nc3c(s2)C[C@]2(C)CC[C@@H]4[C@H](OC(=O)[C@H]4C)[C@H]2[C@@H]3C)cc1. The summed E-state index contributed by atoms with van der Waals surface area (Å²) in [6.07, 6.45) is 3.29. The Labute approximate surface area is 181 Å². The zero-order valence-corrected chi connectivity index (χ0v) is 18.8. The normalized spacial score (nSPS) is 34.5. The maximum atomic E-state index is 12.3. The molecular weight excluding hydrogens is 398 g/mol. The first kappa shape index (κ1) is 19.9. The van der Waals surface area contributed by atoms with E-state index in [1.807, 2.05) is 31.2 Å². The summed E-state index contributed by atoms with van der Waals surface area (Å²) in [5.41, 5.74) is 1.35. The molecule has 0 unspecified atom stereocenters. The second-order valence-electron chi connectivity index (χ2n) is 9.42. The molecular formula is C24H29NO4S. The summed E-state index contributed by atoms with van der Waals surface area (Å²) in [7, 11) is 1.66. The maximum Gasteiger partial charge on any atom is 0.309 e. The van der Waals surface area contributed by atoms with Gasteiger partial charge in [0.2, 0.25) is 0 Å². The van der Waals surface area contributed by atoms with Gasteiger partial charge in [0.15, 0.2) is 0 Å². The molecule has 160 valence electrons. The van der Waals surface area contributed by atoms with E-state index in [2.05, 4.69) is 13.8 Å². The molecule has 6 heteroatoms. The van der Waals surface area contributed by atoms with Gasteiger partial charge in [-0.05, 0) is 48.9 Å². The van der Waals surface area contributed by atoms with Crippen molar-refractivity contribution in [3.63, 3.8) is 0 Å². The zero-order valence-electron chi connectivity index (χ0n) is 18.0. The van der Waals surface area contributed by atoms with Crippen LogP contribution in [-0.2, 0) is 22.6 Å². The van der Waals surface area contributed by atoms with Gasteiger partial charge in [-0.25, -0.2) is 4.98 Å². The van der Waals surface area contributed by atoms with Crippen molar-refractivity contribution in [3.05, 3.63) is 39.8 Å². The highest BCUT2D eigenvalue weighted by Gasteiger charge is 2.58. The number of nitrogens with zero attached hydrogens (tertiary/aromatic N) is 1. The molecule has 1 aliphatic heterocycles. The van der Waals surface area contributed by atoms with Gasteiger partial charge < -0.3 is 14.2 Å². The Morgan fingerprint density at radius 3 is 2.67 bits per heavy atom. The monoisotopic (exact) mass is 427 g/mol. The highest BCUT2D eigenvalue weighted by molar-refractivity contribution is 7.11. The molecule has 30 heavy (non-hydrogen) atoms. The third-order valence-electron chi connectivity index (χ3n) is 7.62. The van der Waals surface area contributed by atoms with Crippen LogP contribution in [0.15, 0.2) is 24.3 Å². The Kier molecular flexibility index (Phi) is 4.80. The van der Waals surface area contributed by atoms with Crippen molar-refractivity contribution < 1.29 is 19.0 Å². The molecule has 1 aromatic carbocycles. The molecule has 1 saturated heterocycles. The molecule has 2 heterocycles. The highest BCUT2D eigenvalue weighted by atomic mass is 32.1. The molecule has 5 nitrogen and oxygen atoms in total. The van der Waals surface area contributed by atoms with E-state index in [1.165, 1.54) is 10.6 Å². The average molecular weight is 428 g/mol. The number of hydrogen-bond donors (Lipinski definition) is 0. The van der Waals surface area contributed by atoms with E-state index in [1.54, 1.807) is 18.4 Å². The van der Waals surface area contributed by atoms with Crippen LogP contribution in [-0.4, -0.2) is 24.2 Å². The fraction of sp³-hybridized carbons (Fsp3) is 0.583. The summed E-state index contributed by atoms with van der Waals surface area (Å²) in [4.78, 5) is 18.6. The molecule has 2 aromatic rings. The molecule has 5 rings (SSSR count). The maximum absolute atomic E-state index is 12.3. The molecule has 2 aliphatic carbocycles. The summed E-state index contributed by atoms with van der Waals surface area (Å²) < 4.78 is 17.1. The van der Waals surface area contributed by atoms with Gasteiger partial charge in [0.1, 0.15) is 29.2 Å². The summed E-state index contributed by atoms with van der Waals surface area (Å²) in [6.45, 7) is 7.16. The topological polar surface area (TPSA) is 57.6 Å². The van der Waals surface area contributed by atoms with Crippen LogP contribution in [0.5, 0.6) is 11.5 Å². The lowest BCUT2D eigenvalue weighted by molar-refractivity contribution is -0.149. The summed E-state index contributed by atoms with van der Waals surface area (Å²) in [5, 5.41) is 1.01. The summed E-state index contributed by atoms with van der Waals surface area (Å²) in [5.74, 6) is 2.63. The third-order valence-corrected chi connectivity index (χ3v) is 8.67. The summed E-state index contributed by atoms with van der Waals surface area (Å²) >= 11 is 1.78. The fourth-order valence-corrected chi connectivity index (χ4v) is 7.29. The van der Waals surface area contributed by atoms with Crippen LogP contribution < -0.4 is 9.47 Å². The van der Waals surface area contributed by atoms with Gasteiger partial charge in [0, 0.05) is 22.6 Å². The van der Waals surface area contributed by atoms with Gasteiger partial charge in [0.25, 0.3) is 0 Å². The van der Waals surface area contributed by atoms with Crippen molar-refractivity contribution in [3.8, 4) is 11.5 Å². The quantitative estimate of drug-likeness (QED) is 0.644. The molecule has 0 bridgehead atoms. The lowest BCUT2D eigenvalue weighted by atomic mass is 9.54. The van der Waals surface area contributed by atoms with Crippen molar-refractivity contribution >= 4 is 17.3 Å². The van der Waals surface area contributed by atoms with Crippen molar-refractivity contribution in [1.29, 1.82) is 0 Å². The van der Waals surface area contributed by atoms with Crippen LogP contribution in [0.25, 0.3) is 0 Å². The van der Waals surface area contributed by atoms with E-state index in [-0.39, 0.29) is 29.3 Å². The van der Waals surface area contributed by atoms with E-state index < -0.39 is 0 Å². The third kappa shape index (κ3) is 3.11. The van der Waals surface area contributed by atoms with E-state index in [0.717, 1.165) is 35.8 Å². The molecule has 1 aromatic heterocycles. The van der Waals surface area contributed by atoms with Gasteiger partial charge in [0.05, 0.1) is 18.7 Å². The lowest BCUT2D eigenvalue weighted by Gasteiger charge is -2.51. The van der Waals surface area contributed by atoms with Crippen LogP contribution in [0, 0.1) is 23.2 Å². The number of methoxy groups -OCH3 is 1. The van der Waals surface area contributed by atoms with Gasteiger partial charge >= 0.3 is 5.97 Å². The Morgan fingerprint density at radius 2 is 1.93 bits per heavy atom. The number of fused-ring (bicyclic) bond motifs is 4. The van der Waals surface area contributed by atoms with E-state index in [0.29, 0.717) is 18.4 Å². The minimum Gasteiger partial charge on any atom is -0.497 e. The largest absolute Gasteiger partial charge is 0.497 e. The number of rotatable bonds is 4. The molecule has 0 amide bonds. The van der Waals surface area contributed by atoms with E-state index >= 15 is 0 Å². The Balaban J connectivity index is 1.36. The van der Waals surface area contributed by atoms with Crippen LogP contribution >= 0.6 is 11.3 Å². The van der Waals surface area contributed by atoms with E-state index in [4.69, 9.17) is 19.2 Å². The van der Waals surface area contributed by atoms with Crippen LogP contribution in [0.3, 0.4) is 0 Å². The van der Waals surface area contributed by atoms with Gasteiger partial charge in [-0.3, -0.25) is 4.79 Å². The van der Waals surface area contributed by atoms with Crippen molar-refractivity contribution in [1.82, 2.24) is 4.98 Å². The predicted octanol–water partition coefficient (Wildman–Crippen LogP) is 4.98. The Hall–Kier alpha value is -2.08. The second-order valence-corrected chi connectivity index (χ2v) is 10.6. The number of hydrogen-bond acceptors (Lipinski definition) is 6. The number of carbonyl (C=O) groups is 1. The number of aromatic nitrogens is 1. The zero-order chi connectivity index (χ0) is 21.0. The molecule has 2 fully saturated rings. The number of carbonyl (C=O) groups excluding carboxylic acids is 1. The standard InChI is InChI=1S/C24H29NO4S/c1-13-17-9-10-24(3)11-18-21(14(2)20(24)22(17)29-23(13)26)25-19(30-18)12-28-16-7-5-15(27-4)6-8-16/h5-8,13-14,17,20,22H,9-12H2,1-4H3/t13-,14-,17-,20+,22-,24-/m0/s1. The fourth-order valence-electron chi connectivity index (χ4n) is 6.01. The van der Waals surface area contributed by atoms with Crippen molar-refractivity contribution in [2.75, 3.05) is 7.11 Å². The first-order chi connectivity index (χ1) is 14.4. The van der Waals surface area contributed by atoms with Crippen LogP contribution in [0.1, 0.15) is 55.1 Å². The first-order valence-electron chi connectivity index (χ1n) is 10.9. The van der Waals surface area contributed by atoms with Crippen molar-refractivity contribution in [2.24, 2.45) is 23.2 Å². The Morgan fingerprint density at radius 1 is 1.20 bits per heavy atom. The van der Waals surface area contributed by atoms with Gasteiger partial charge in [-0.2, -0.15) is 0 Å². The number of benzene rings is 1. The number of esters is 1. The molecule has 6 atom stereocenters. The molecule has 0 radical (unpaired) electrons. The second kappa shape index (κ2) is 7.26. The molecule has 0 spiro atoms. The Bertz CT molecular complexity index is 955. The number of ether oxygens (including phenoxy) is 3. The first-order valence-corrected chi connectivity index (χ1v) is 11.7. The van der Waals surface area contributed by atoms with Gasteiger partial charge in [-0.15, -0.1) is 11.3 Å². The minimum atomic E-state index is -0.0147. The molecule has 3 aliphatic rings. The predicted molar refractivity (Wildman–Crippen MR) is 115 cm³/mol. The van der Waals surface area contributed by atoms with Gasteiger partial charge in [-0.1, -0.05) is 20.8 Å². The summed E-state index contributed by atoms with van der Waals surface area (Å²) in [6, 6.07) is 7.63.